The van der Waals surface area contributed by atoms with Crippen molar-refractivity contribution in [2.75, 3.05) is 70.5 Å². The SMILES string of the molecule is COC(=O)c1cc2oc(N(Cc3ccc(OC)c(OCC(C)C)c3)C3CCNCC3)nc2cc1N(Cc1ccc(OC)c(OCC(C)C)c1)C1CCNCC1. The summed E-state index contributed by atoms with van der Waals surface area (Å²) in [5.74, 6) is 3.14. The Kier molecular flexibility index (Phi) is 13.7. The summed E-state index contributed by atoms with van der Waals surface area (Å²) in [5, 5.41) is 6.99. The fourth-order valence-corrected chi connectivity index (χ4v) is 7.36. The monoisotopic (exact) mass is 757 g/mol. The number of carbonyl (C=O) groups is 1. The standard InChI is InChI=1S/C43H59N5O7/c1-28(2)26-53-40-20-30(8-10-37(40)50-5)24-47(32-12-16-44-17-13-32)36-23-35-39(22-34(36)42(49)52-7)55-43(46-35)48(33-14-18-45-19-15-33)25-31-9-11-38(51-6)41(21-31)54-27-29(3)4/h8-11,20-23,28-29,32-33,44-45H,12-19,24-27H2,1-7H3. The summed E-state index contributed by atoms with van der Waals surface area (Å²) < 4.78 is 35.6. The lowest BCUT2D eigenvalue weighted by Gasteiger charge is -2.37. The summed E-state index contributed by atoms with van der Waals surface area (Å²) in [6, 6.07) is 16.9. The van der Waals surface area contributed by atoms with E-state index in [9.17, 15) is 4.79 Å². The van der Waals surface area contributed by atoms with Gasteiger partial charge in [0, 0.05) is 25.2 Å². The molecule has 6 rings (SSSR count). The highest BCUT2D eigenvalue weighted by atomic mass is 16.5. The van der Waals surface area contributed by atoms with Crippen LogP contribution in [0.4, 0.5) is 11.7 Å². The number of benzene rings is 3. The van der Waals surface area contributed by atoms with Crippen molar-refractivity contribution >= 4 is 28.8 Å². The molecule has 298 valence electrons. The highest BCUT2D eigenvalue weighted by molar-refractivity contribution is 6.00. The molecule has 4 aromatic rings. The van der Waals surface area contributed by atoms with Crippen molar-refractivity contribution in [3.63, 3.8) is 0 Å². The van der Waals surface area contributed by atoms with Gasteiger partial charge in [-0.25, -0.2) is 4.79 Å². The molecule has 0 atom stereocenters. The van der Waals surface area contributed by atoms with Crippen molar-refractivity contribution in [2.45, 2.75) is 78.6 Å². The van der Waals surface area contributed by atoms with Gasteiger partial charge in [-0.15, -0.1) is 0 Å². The van der Waals surface area contributed by atoms with Crippen molar-refractivity contribution < 1.29 is 32.9 Å². The van der Waals surface area contributed by atoms with Crippen LogP contribution in [0.25, 0.3) is 11.1 Å². The van der Waals surface area contributed by atoms with Crippen LogP contribution in [-0.2, 0) is 17.8 Å². The zero-order valence-corrected chi connectivity index (χ0v) is 33.6. The second kappa shape index (κ2) is 18.8. The minimum absolute atomic E-state index is 0.170. The second-order valence-corrected chi connectivity index (χ2v) is 15.4. The number of fused-ring (bicyclic) bond motifs is 1. The van der Waals surface area contributed by atoms with Gasteiger partial charge in [0.15, 0.2) is 28.6 Å². The molecule has 2 N–H and O–H groups in total. The largest absolute Gasteiger partial charge is 0.493 e. The van der Waals surface area contributed by atoms with Crippen LogP contribution >= 0.6 is 0 Å². The molecule has 0 amide bonds. The van der Waals surface area contributed by atoms with E-state index in [0.29, 0.717) is 78.1 Å². The summed E-state index contributed by atoms with van der Waals surface area (Å²) in [4.78, 5) is 23.4. The number of nitrogens with zero attached hydrogens (tertiary/aromatic N) is 3. The maximum atomic E-state index is 13.6. The molecule has 3 aromatic carbocycles. The average molecular weight is 758 g/mol. The molecular weight excluding hydrogens is 699 g/mol. The molecule has 1 aromatic heterocycles. The van der Waals surface area contributed by atoms with E-state index in [0.717, 1.165) is 74.4 Å². The van der Waals surface area contributed by atoms with Gasteiger partial charge in [-0.05, 0) is 111 Å². The van der Waals surface area contributed by atoms with Gasteiger partial charge in [-0.2, -0.15) is 4.98 Å². The third-order valence-corrected chi connectivity index (χ3v) is 10.3. The maximum Gasteiger partial charge on any atom is 0.340 e. The number of carbonyl (C=O) groups excluding carboxylic acids is 1. The van der Waals surface area contributed by atoms with E-state index in [4.69, 9.17) is 33.1 Å². The molecule has 2 aliphatic heterocycles. The number of esters is 1. The number of nitrogens with one attached hydrogen (secondary N) is 2. The first kappa shape index (κ1) is 40.0. The molecule has 2 aliphatic rings. The van der Waals surface area contributed by atoms with Gasteiger partial charge >= 0.3 is 5.97 Å². The van der Waals surface area contributed by atoms with Crippen molar-refractivity contribution in [3.8, 4) is 23.0 Å². The lowest BCUT2D eigenvalue weighted by molar-refractivity contribution is 0.0601. The molecule has 12 heteroatoms. The summed E-state index contributed by atoms with van der Waals surface area (Å²) >= 11 is 0. The molecule has 0 radical (unpaired) electrons. The Balaban J connectivity index is 1.40. The Bertz CT molecular complexity index is 1870. The van der Waals surface area contributed by atoms with Gasteiger partial charge in [0.2, 0.25) is 0 Å². The first-order valence-electron chi connectivity index (χ1n) is 19.7. The fraction of sp³-hybridized carbons (Fsp3) is 0.535. The Morgan fingerprint density at radius 2 is 1.24 bits per heavy atom. The minimum atomic E-state index is -0.424. The van der Waals surface area contributed by atoms with Gasteiger partial charge in [-0.3, -0.25) is 0 Å². The van der Waals surface area contributed by atoms with E-state index in [-0.39, 0.29) is 12.1 Å². The van der Waals surface area contributed by atoms with E-state index >= 15 is 0 Å². The number of aromatic nitrogens is 1. The normalized spacial score (nSPS) is 15.4. The van der Waals surface area contributed by atoms with Crippen LogP contribution in [0.5, 0.6) is 23.0 Å². The predicted octanol–water partition coefficient (Wildman–Crippen LogP) is 7.22. The zero-order chi connectivity index (χ0) is 38.9. The van der Waals surface area contributed by atoms with Crippen LogP contribution in [0, 0.1) is 11.8 Å². The third-order valence-electron chi connectivity index (χ3n) is 10.3. The number of oxazole rings is 1. The number of piperidine rings is 2. The van der Waals surface area contributed by atoms with E-state index in [1.807, 2.05) is 18.2 Å². The maximum absolute atomic E-state index is 13.6. The van der Waals surface area contributed by atoms with Crippen LogP contribution in [0.2, 0.25) is 0 Å². The van der Waals surface area contributed by atoms with Gasteiger partial charge in [0.1, 0.15) is 5.52 Å². The molecule has 12 nitrogen and oxygen atoms in total. The van der Waals surface area contributed by atoms with Crippen molar-refractivity contribution in [1.82, 2.24) is 15.6 Å². The minimum Gasteiger partial charge on any atom is -0.493 e. The molecule has 0 aliphatic carbocycles. The van der Waals surface area contributed by atoms with Gasteiger partial charge in [0.05, 0.1) is 45.8 Å². The molecule has 0 saturated carbocycles. The quantitative estimate of drug-likeness (QED) is 0.106. The highest BCUT2D eigenvalue weighted by Gasteiger charge is 2.30. The Labute approximate surface area is 325 Å². The summed E-state index contributed by atoms with van der Waals surface area (Å²) in [6.07, 6.45) is 3.73. The van der Waals surface area contributed by atoms with Crippen LogP contribution < -0.4 is 39.4 Å². The molecule has 2 saturated heterocycles. The van der Waals surface area contributed by atoms with Gasteiger partial charge in [0.25, 0.3) is 6.01 Å². The van der Waals surface area contributed by atoms with E-state index in [1.54, 1.807) is 20.3 Å². The van der Waals surface area contributed by atoms with E-state index < -0.39 is 5.97 Å². The van der Waals surface area contributed by atoms with E-state index in [1.165, 1.54) is 7.11 Å². The van der Waals surface area contributed by atoms with Gasteiger partial charge < -0.3 is 48.5 Å². The summed E-state index contributed by atoms with van der Waals surface area (Å²) in [7, 11) is 4.74. The fourth-order valence-electron chi connectivity index (χ4n) is 7.36. The third kappa shape index (κ3) is 9.96. The van der Waals surface area contributed by atoms with Crippen LogP contribution in [-0.4, -0.2) is 83.8 Å². The van der Waals surface area contributed by atoms with Crippen molar-refractivity contribution in [3.05, 3.63) is 65.2 Å². The highest BCUT2D eigenvalue weighted by Crippen LogP contribution is 2.37. The van der Waals surface area contributed by atoms with Gasteiger partial charge in [-0.1, -0.05) is 39.8 Å². The Morgan fingerprint density at radius 1 is 0.727 bits per heavy atom. The molecule has 2 fully saturated rings. The van der Waals surface area contributed by atoms with Crippen molar-refractivity contribution in [1.29, 1.82) is 0 Å². The second-order valence-electron chi connectivity index (χ2n) is 15.4. The first-order valence-corrected chi connectivity index (χ1v) is 19.7. The van der Waals surface area contributed by atoms with Crippen LogP contribution in [0.1, 0.15) is 74.9 Å². The smallest absolute Gasteiger partial charge is 0.340 e. The Morgan fingerprint density at radius 3 is 1.73 bits per heavy atom. The number of hydrogen-bond acceptors (Lipinski definition) is 12. The summed E-state index contributed by atoms with van der Waals surface area (Å²) in [6.45, 7) is 14.4. The molecule has 0 spiro atoms. The van der Waals surface area contributed by atoms with Crippen LogP contribution in [0.3, 0.4) is 0 Å². The number of rotatable bonds is 17. The number of ether oxygens (including phenoxy) is 5. The molecule has 0 unspecified atom stereocenters. The topological polar surface area (TPSA) is 120 Å². The molecule has 3 heterocycles. The van der Waals surface area contributed by atoms with E-state index in [2.05, 4.69) is 72.4 Å². The molecular formula is C43H59N5O7. The number of methoxy groups -OCH3 is 3. The first-order chi connectivity index (χ1) is 26.7. The zero-order valence-electron chi connectivity index (χ0n) is 33.6. The van der Waals surface area contributed by atoms with Crippen LogP contribution in [0.15, 0.2) is 52.9 Å². The predicted molar refractivity (Wildman–Crippen MR) is 216 cm³/mol. The summed E-state index contributed by atoms with van der Waals surface area (Å²) in [5.41, 5.74) is 4.53. The number of hydrogen-bond donors (Lipinski definition) is 2. The molecule has 0 bridgehead atoms. The van der Waals surface area contributed by atoms with Crippen molar-refractivity contribution in [2.24, 2.45) is 11.8 Å². The lowest BCUT2D eigenvalue weighted by Crippen LogP contribution is -2.43. The molecule has 55 heavy (non-hydrogen) atoms. The average Bonchev–Trinajstić information content (AvgIpc) is 3.63. The Hall–Kier alpha value is -4.68. The lowest BCUT2D eigenvalue weighted by atomic mass is 10.0. The number of anilines is 2.